The predicted molar refractivity (Wildman–Crippen MR) is 143 cm³/mol. The standard InChI is InChI=1S/C22H29FN8OS3/c1-4-8-21(2)9-7-15(23)16(11-21)30(3)18-12-24-20(26-25-18)14-6-5-13(10-17(14)32)19-27-29-31(28-19)22(33,34)35/h5-6,10,12,15-16,32-35H,4,7-9,11H2,1-3H3/t15-,16+,21+/m0/s1. The number of aromatic nitrogens is 7. The van der Waals surface area contributed by atoms with Crippen molar-refractivity contribution in [2.24, 2.45) is 5.41 Å². The van der Waals surface area contributed by atoms with Crippen LogP contribution in [0.3, 0.4) is 0 Å². The second-order valence-corrected chi connectivity index (χ2v) is 12.4. The molecule has 3 aromatic rings. The number of phenolic OH excluding ortho intramolecular Hbond substituents is 1. The highest BCUT2D eigenvalue weighted by molar-refractivity contribution is 8.15. The Morgan fingerprint density at radius 3 is 2.60 bits per heavy atom. The number of hydrogen-bond acceptors (Lipinski definition) is 11. The van der Waals surface area contributed by atoms with E-state index in [0.717, 1.165) is 30.5 Å². The fraction of sp³-hybridized carbons (Fsp3) is 0.545. The molecule has 1 fully saturated rings. The van der Waals surface area contributed by atoms with Crippen molar-refractivity contribution in [1.82, 2.24) is 35.4 Å². The highest BCUT2D eigenvalue weighted by atomic mass is 32.2. The Kier molecular flexibility index (Phi) is 7.49. The van der Waals surface area contributed by atoms with Gasteiger partial charge in [-0.15, -0.1) is 63.1 Å². The van der Waals surface area contributed by atoms with Gasteiger partial charge in [-0.1, -0.05) is 26.3 Å². The van der Waals surface area contributed by atoms with Gasteiger partial charge < -0.3 is 10.0 Å². The smallest absolute Gasteiger partial charge is 0.213 e. The highest BCUT2D eigenvalue weighted by Crippen LogP contribution is 2.43. The molecule has 13 heteroatoms. The van der Waals surface area contributed by atoms with Gasteiger partial charge in [0.15, 0.2) is 11.6 Å². The summed E-state index contributed by atoms with van der Waals surface area (Å²) < 4.78 is 13.6. The van der Waals surface area contributed by atoms with Crippen molar-refractivity contribution in [2.75, 3.05) is 11.9 Å². The van der Waals surface area contributed by atoms with Gasteiger partial charge in [0.05, 0.1) is 17.8 Å². The van der Waals surface area contributed by atoms with E-state index in [2.05, 4.69) is 82.3 Å². The monoisotopic (exact) mass is 536 g/mol. The Morgan fingerprint density at radius 2 is 2.00 bits per heavy atom. The van der Waals surface area contributed by atoms with E-state index in [1.165, 1.54) is 6.07 Å². The molecule has 0 spiro atoms. The molecule has 0 aliphatic heterocycles. The number of phenols is 1. The van der Waals surface area contributed by atoms with E-state index in [0.29, 0.717) is 23.4 Å². The van der Waals surface area contributed by atoms with E-state index in [9.17, 15) is 9.50 Å². The van der Waals surface area contributed by atoms with E-state index in [1.807, 2.05) is 11.9 Å². The Labute approximate surface area is 220 Å². The third-order valence-corrected chi connectivity index (χ3v) is 7.12. The van der Waals surface area contributed by atoms with Gasteiger partial charge in [-0.25, -0.2) is 9.37 Å². The first kappa shape index (κ1) is 26.0. The molecule has 1 N–H and O–H groups in total. The molecule has 3 atom stereocenters. The summed E-state index contributed by atoms with van der Waals surface area (Å²) in [5.41, 5.74) is 1.05. The number of rotatable bonds is 7. The van der Waals surface area contributed by atoms with Crippen LogP contribution in [0, 0.1) is 5.41 Å². The first-order valence-corrected chi connectivity index (χ1v) is 12.7. The molecule has 0 unspecified atom stereocenters. The SMILES string of the molecule is CCC[C@]1(C)CC[C@H](F)[C@H](N(C)c2cnc(-c3ccc(-c4nnn(C(S)(S)S)n4)cc3O)nn2)C1. The van der Waals surface area contributed by atoms with Crippen molar-refractivity contribution in [3.8, 4) is 28.5 Å². The average molecular weight is 537 g/mol. The lowest BCUT2D eigenvalue weighted by Crippen LogP contribution is -2.47. The summed E-state index contributed by atoms with van der Waals surface area (Å²) in [6.45, 7) is 4.41. The van der Waals surface area contributed by atoms with Gasteiger partial charge in [-0.2, -0.15) is 0 Å². The number of hydrogen-bond donors (Lipinski definition) is 4. The van der Waals surface area contributed by atoms with Gasteiger partial charge in [0.1, 0.15) is 11.9 Å². The van der Waals surface area contributed by atoms with Gasteiger partial charge in [0.25, 0.3) is 0 Å². The molecule has 0 amide bonds. The highest BCUT2D eigenvalue weighted by Gasteiger charge is 2.39. The number of anilines is 1. The van der Waals surface area contributed by atoms with E-state index < -0.39 is 9.71 Å². The minimum atomic E-state index is -1.21. The van der Waals surface area contributed by atoms with Crippen molar-refractivity contribution < 1.29 is 9.50 Å². The van der Waals surface area contributed by atoms with Crippen LogP contribution in [0.15, 0.2) is 24.4 Å². The molecule has 35 heavy (non-hydrogen) atoms. The van der Waals surface area contributed by atoms with Crippen LogP contribution < -0.4 is 4.90 Å². The summed E-state index contributed by atoms with van der Waals surface area (Å²) >= 11 is 12.5. The lowest BCUT2D eigenvalue weighted by molar-refractivity contribution is 0.102. The zero-order chi connectivity index (χ0) is 25.4. The molecule has 1 aliphatic rings. The van der Waals surface area contributed by atoms with Crippen LogP contribution >= 0.6 is 37.9 Å². The summed E-state index contributed by atoms with van der Waals surface area (Å²) in [7, 11) is 1.84. The quantitative estimate of drug-likeness (QED) is 0.260. The zero-order valence-corrected chi connectivity index (χ0v) is 22.4. The second-order valence-electron chi connectivity index (χ2n) is 9.37. The van der Waals surface area contributed by atoms with Crippen LogP contribution in [0.1, 0.15) is 46.0 Å². The zero-order valence-electron chi connectivity index (χ0n) is 19.7. The van der Waals surface area contributed by atoms with Crippen molar-refractivity contribution in [3.05, 3.63) is 24.4 Å². The fourth-order valence-corrected chi connectivity index (χ4v) is 4.92. The largest absolute Gasteiger partial charge is 0.507 e. The van der Waals surface area contributed by atoms with Gasteiger partial charge in [-0.3, -0.25) is 0 Å². The van der Waals surface area contributed by atoms with Crippen LogP contribution in [0.2, 0.25) is 0 Å². The van der Waals surface area contributed by atoms with Crippen molar-refractivity contribution in [2.45, 2.75) is 61.7 Å². The first-order valence-electron chi connectivity index (χ1n) is 11.4. The number of nitrogens with zero attached hydrogens (tertiary/aromatic N) is 8. The number of tetrazole rings is 1. The summed E-state index contributed by atoms with van der Waals surface area (Å²) in [6.07, 6.45) is 5.00. The predicted octanol–water partition coefficient (Wildman–Crippen LogP) is 4.39. The number of thiol groups is 3. The van der Waals surface area contributed by atoms with Crippen LogP contribution in [-0.2, 0) is 3.54 Å². The Morgan fingerprint density at radius 1 is 1.23 bits per heavy atom. The van der Waals surface area contributed by atoms with E-state index in [-0.39, 0.29) is 28.9 Å². The van der Waals surface area contributed by atoms with E-state index in [1.54, 1.807) is 18.3 Å². The molecular weight excluding hydrogens is 507 g/mol. The molecule has 0 saturated heterocycles. The molecule has 0 radical (unpaired) electrons. The van der Waals surface area contributed by atoms with Crippen molar-refractivity contribution in [3.63, 3.8) is 0 Å². The van der Waals surface area contributed by atoms with E-state index >= 15 is 0 Å². The molecule has 2 aromatic heterocycles. The van der Waals surface area contributed by atoms with Crippen molar-refractivity contribution >= 4 is 43.7 Å². The maximum absolute atomic E-state index is 14.8. The number of halogens is 1. The summed E-state index contributed by atoms with van der Waals surface area (Å²) in [5.74, 6) is 0.946. The molecule has 4 rings (SSSR count). The van der Waals surface area contributed by atoms with Crippen LogP contribution in [0.25, 0.3) is 22.8 Å². The average Bonchev–Trinajstić information content (AvgIpc) is 3.32. The molecule has 9 nitrogen and oxygen atoms in total. The molecule has 1 aromatic carbocycles. The van der Waals surface area contributed by atoms with Gasteiger partial charge in [-0.05, 0) is 48.4 Å². The fourth-order valence-electron chi connectivity index (χ4n) is 4.66. The third kappa shape index (κ3) is 5.67. The number of alkyl halides is 1. The maximum Gasteiger partial charge on any atom is 0.213 e. The molecule has 1 saturated carbocycles. The summed E-state index contributed by atoms with van der Waals surface area (Å²) in [4.78, 5) is 7.35. The minimum Gasteiger partial charge on any atom is -0.507 e. The van der Waals surface area contributed by atoms with Gasteiger partial charge in [0, 0.05) is 12.6 Å². The molecular formula is C22H29FN8OS3. The molecule has 0 bridgehead atoms. The lowest BCUT2D eigenvalue weighted by Gasteiger charge is -2.43. The number of aromatic hydroxyl groups is 1. The lowest BCUT2D eigenvalue weighted by atomic mass is 9.70. The molecule has 188 valence electrons. The Balaban J connectivity index is 1.52. The topological polar surface area (TPSA) is 106 Å². The molecule has 1 aliphatic carbocycles. The summed E-state index contributed by atoms with van der Waals surface area (Å²) in [5, 5.41) is 31.1. The third-order valence-electron chi connectivity index (χ3n) is 6.58. The van der Waals surface area contributed by atoms with Crippen molar-refractivity contribution in [1.29, 1.82) is 0 Å². The molecule has 2 heterocycles. The second kappa shape index (κ2) is 10.1. The Bertz CT molecular complexity index is 1170. The first-order chi connectivity index (χ1) is 16.5. The van der Waals surface area contributed by atoms with Gasteiger partial charge >= 0.3 is 0 Å². The van der Waals surface area contributed by atoms with E-state index in [4.69, 9.17) is 0 Å². The Hall–Kier alpha value is -2.12. The van der Waals surface area contributed by atoms with Gasteiger partial charge in [0.2, 0.25) is 9.36 Å². The van der Waals surface area contributed by atoms with Crippen LogP contribution in [0.4, 0.5) is 10.2 Å². The number of benzene rings is 1. The van der Waals surface area contributed by atoms with Crippen LogP contribution in [-0.4, -0.2) is 59.8 Å². The summed E-state index contributed by atoms with van der Waals surface area (Å²) in [6, 6.07) is 4.57. The minimum absolute atomic E-state index is 0.0675. The normalized spacial score (nSPS) is 22.8. The van der Waals surface area contributed by atoms with Crippen LogP contribution in [0.5, 0.6) is 5.75 Å². The maximum atomic E-state index is 14.8.